The van der Waals surface area contributed by atoms with Crippen LogP contribution in [0.4, 0.5) is 0 Å². The van der Waals surface area contributed by atoms with E-state index in [-0.39, 0.29) is 16.2 Å². The van der Waals surface area contributed by atoms with Crippen LogP contribution in [0.15, 0.2) is 206 Å². The Balaban J connectivity index is 1.03. The Kier molecular flexibility index (Phi) is 8.45. The average Bonchev–Trinajstić information content (AvgIpc) is 3.85. The Morgan fingerprint density at radius 1 is 0.194 bits per heavy atom. The lowest BCUT2D eigenvalue weighted by Gasteiger charge is -2.23. The van der Waals surface area contributed by atoms with Gasteiger partial charge in [0.1, 0.15) is 0 Å². The third-order valence-electron chi connectivity index (χ3n) is 16.0. The van der Waals surface area contributed by atoms with E-state index in [2.05, 4.69) is 248 Å². The van der Waals surface area contributed by atoms with Crippen LogP contribution in [-0.2, 0) is 16.2 Å². The molecule has 3 aliphatic rings. The summed E-state index contributed by atoms with van der Waals surface area (Å²) in [5, 5.41) is 2.50. The fourth-order valence-corrected chi connectivity index (χ4v) is 12.3. The number of hydrogen-bond donors (Lipinski definition) is 0. The van der Waals surface area contributed by atoms with Crippen LogP contribution in [0.25, 0.3) is 99.8 Å². The highest BCUT2D eigenvalue weighted by molar-refractivity contribution is 5.93. The van der Waals surface area contributed by atoms with E-state index in [0.29, 0.717) is 0 Å². The van der Waals surface area contributed by atoms with Crippen molar-refractivity contribution in [2.24, 2.45) is 0 Å². The van der Waals surface area contributed by atoms with E-state index in [1.54, 1.807) is 0 Å². The topological polar surface area (TPSA) is 0 Å². The Morgan fingerprint density at radius 3 is 0.836 bits per heavy atom. The van der Waals surface area contributed by atoms with Gasteiger partial charge < -0.3 is 0 Å². The second-order valence-electron chi connectivity index (χ2n) is 21.0. The van der Waals surface area contributed by atoms with Crippen molar-refractivity contribution in [3.63, 3.8) is 0 Å². The van der Waals surface area contributed by atoms with E-state index in [4.69, 9.17) is 0 Å². The molecule has 67 heavy (non-hydrogen) atoms. The first kappa shape index (κ1) is 39.8. The Labute approximate surface area is 395 Å². The minimum absolute atomic E-state index is 0.0957. The van der Waals surface area contributed by atoms with Gasteiger partial charge in [-0.15, -0.1) is 0 Å². The molecule has 0 bridgehead atoms. The number of hydrogen-bond acceptors (Lipinski definition) is 0. The third-order valence-corrected chi connectivity index (χ3v) is 16.0. The van der Waals surface area contributed by atoms with Crippen LogP contribution in [0.5, 0.6) is 0 Å². The van der Waals surface area contributed by atoms with Crippen LogP contribution in [-0.4, -0.2) is 0 Å². The molecule has 320 valence electrons. The van der Waals surface area contributed by atoms with Crippen molar-refractivity contribution in [3.8, 4) is 89.0 Å². The van der Waals surface area contributed by atoms with Crippen LogP contribution >= 0.6 is 0 Å². The SMILES string of the molecule is CC1(C)c2ccccc2-c2ccc(-c3cc(-c4cc(-c5ccc6c(c5)C(C)(C)c5ccccc5-6)cc(-c5ccc6ccccc6c5)c4)cc(-c4ccc5c(c4)C(C)(C)c4ccccc4-5)c3)cc21. The van der Waals surface area contributed by atoms with E-state index in [9.17, 15) is 0 Å². The summed E-state index contributed by atoms with van der Waals surface area (Å²) in [5.74, 6) is 0. The maximum Gasteiger partial charge on any atom is 0.0159 e. The molecule has 0 aromatic heterocycles. The third kappa shape index (κ3) is 5.98. The van der Waals surface area contributed by atoms with Gasteiger partial charge in [0, 0.05) is 16.2 Å². The molecule has 0 nitrogen and oxygen atoms in total. The largest absolute Gasteiger partial charge is 0.0619 e. The van der Waals surface area contributed by atoms with Crippen molar-refractivity contribution >= 4 is 10.8 Å². The zero-order valence-electron chi connectivity index (χ0n) is 39.1. The lowest BCUT2D eigenvalue weighted by Crippen LogP contribution is -2.15. The zero-order valence-corrected chi connectivity index (χ0v) is 39.1. The fourth-order valence-electron chi connectivity index (χ4n) is 12.3. The Morgan fingerprint density at radius 2 is 0.463 bits per heavy atom. The molecule has 0 atom stereocenters. The molecule has 0 saturated carbocycles. The van der Waals surface area contributed by atoms with Crippen molar-refractivity contribution in [3.05, 3.63) is 240 Å². The molecule has 0 heteroatoms. The fraction of sp³-hybridized carbons (Fsp3) is 0.134. The average molecular weight is 857 g/mol. The highest BCUT2D eigenvalue weighted by Crippen LogP contribution is 2.53. The summed E-state index contributed by atoms with van der Waals surface area (Å²) in [5.41, 5.74) is 28.3. The zero-order chi connectivity index (χ0) is 45.4. The molecule has 3 aliphatic carbocycles. The van der Waals surface area contributed by atoms with Gasteiger partial charge in [-0.1, -0.05) is 187 Å². The van der Waals surface area contributed by atoms with Crippen molar-refractivity contribution in [1.82, 2.24) is 0 Å². The van der Waals surface area contributed by atoms with E-state index < -0.39 is 0 Å². The van der Waals surface area contributed by atoms with Gasteiger partial charge >= 0.3 is 0 Å². The van der Waals surface area contributed by atoms with Gasteiger partial charge in [0.15, 0.2) is 0 Å². The van der Waals surface area contributed by atoms with Crippen LogP contribution < -0.4 is 0 Å². The predicted molar refractivity (Wildman–Crippen MR) is 284 cm³/mol. The minimum Gasteiger partial charge on any atom is -0.0619 e. The summed E-state index contributed by atoms with van der Waals surface area (Å²) in [7, 11) is 0. The Hall–Kier alpha value is -7.54. The summed E-state index contributed by atoms with van der Waals surface area (Å²) in [4.78, 5) is 0. The predicted octanol–water partition coefficient (Wildman–Crippen LogP) is 18.1. The van der Waals surface area contributed by atoms with Gasteiger partial charge in [-0.25, -0.2) is 0 Å². The molecule has 0 heterocycles. The molecule has 0 unspecified atom stereocenters. The van der Waals surface area contributed by atoms with Gasteiger partial charge in [-0.3, -0.25) is 0 Å². The lowest BCUT2D eigenvalue weighted by molar-refractivity contribution is 0.660. The standard InChI is InChI=1S/C67H52/c1-65(2)59-20-12-9-17-53(59)56-28-25-44(38-62(56)65)48-32-47(43-24-23-41-15-7-8-16-42(41)31-43)34-51(35-48)52-36-49(45-26-29-57-54-18-10-13-21-60(54)66(3,4)63(57)39-45)33-50(37-52)46-27-30-58-55-19-11-14-22-61(55)67(5,6)64(58)40-46/h7-40H,1-6H3. The molecular formula is C67H52. The summed E-state index contributed by atoms with van der Waals surface area (Å²) in [6.45, 7) is 14.3. The van der Waals surface area contributed by atoms with Crippen molar-refractivity contribution in [1.29, 1.82) is 0 Å². The maximum atomic E-state index is 2.47. The van der Waals surface area contributed by atoms with E-state index in [1.807, 2.05) is 0 Å². The normalized spacial score (nSPS) is 15.1. The highest BCUT2D eigenvalue weighted by Gasteiger charge is 2.38. The van der Waals surface area contributed by atoms with E-state index in [0.717, 1.165) is 0 Å². The van der Waals surface area contributed by atoms with Gasteiger partial charge in [0.25, 0.3) is 0 Å². The summed E-state index contributed by atoms with van der Waals surface area (Å²) >= 11 is 0. The van der Waals surface area contributed by atoms with E-state index in [1.165, 1.54) is 133 Å². The molecule has 0 amide bonds. The van der Waals surface area contributed by atoms with Crippen molar-refractivity contribution < 1.29 is 0 Å². The number of rotatable bonds is 5. The van der Waals surface area contributed by atoms with Gasteiger partial charge in [-0.05, 0) is 194 Å². The van der Waals surface area contributed by atoms with Crippen molar-refractivity contribution in [2.75, 3.05) is 0 Å². The molecule has 0 fully saturated rings. The molecule has 0 aliphatic heterocycles. The van der Waals surface area contributed by atoms with Crippen molar-refractivity contribution in [2.45, 2.75) is 57.8 Å². The molecule has 0 spiro atoms. The van der Waals surface area contributed by atoms with Gasteiger partial charge in [-0.2, -0.15) is 0 Å². The Bertz CT molecular complexity index is 3590. The first-order valence-electron chi connectivity index (χ1n) is 24.0. The van der Waals surface area contributed by atoms with Crippen LogP contribution in [0, 0.1) is 0 Å². The second-order valence-corrected chi connectivity index (χ2v) is 21.0. The molecule has 10 aromatic carbocycles. The highest BCUT2D eigenvalue weighted by atomic mass is 14.4. The van der Waals surface area contributed by atoms with E-state index >= 15 is 0 Å². The number of fused-ring (bicyclic) bond motifs is 10. The minimum atomic E-state index is -0.0994. The summed E-state index contributed by atoms with van der Waals surface area (Å²) < 4.78 is 0. The first-order chi connectivity index (χ1) is 32.4. The maximum absolute atomic E-state index is 2.47. The molecule has 0 radical (unpaired) electrons. The van der Waals surface area contributed by atoms with Gasteiger partial charge in [0.05, 0.1) is 0 Å². The molecule has 0 saturated heterocycles. The second kappa shape index (κ2) is 14.2. The summed E-state index contributed by atoms with van der Waals surface area (Å²) in [6, 6.07) is 78.6. The molecule has 10 aromatic rings. The molecule has 13 rings (SSSR count). The van der Waals surface area contributed by atoms with Crippen LogP contribution in [0.3, 0.4) is 0 Å². The summed E-state index contributed by atoms with van der Waals surface area (Å²) in [6.07, 6.45) is 0. The molecule has 0 N–H and O–H groups in total. The molecular weight excluding hydrogens is 805 g/mol. The van der Waals surface area contributed by atoms with Crippen LogP contribution in [0.2, 0.25) is 0 Å². The smallest absolute Gasteiger partial charge is 0.0159 e. The monoisotopic (exact) mass is 856 g/mol. The van der Waals surface area contributed by atoms with Gasteiger partial charge in [0.2, 0.25) is 0 Å². The number of benzene rings is 10. The van der Waals surface area contributed by atoms with Crippen LogP contribution in [0.1, 0.15) is 74.9 Å². The lowest BCUT2D eigenvalue weighted by atomic mass is 9.80. The quantitative estimate of drug-likeness (QED) is 0.162. The first-order valence-corrected chi connectivity index (χ1v) is 24.0.